The maximum absolute atomic E-state index is 6.31. The van der Waals surface area contributed by atoms with Gasteiger partial charge in [-0.25, -0.2) is 0 Å². The molecular weight excluding hydrogens is 260 g/mol. The van der Waals surface area contributed by atoms with E-state index in [2.05, 4.69) is 38.2 Å². The van der Waals surface area contributed by atoms with Crippen LogP contribution in [0.4, 0.5) is 0 Å². The summed E-state index contributed by atoms with van der Waals surface area (Å²) in [6.45, 7) is 11.2. The highest BCUT2D eigenvalue weighted by atomic mass is 35.5. The number of aromatic nitrogens is 2. The molecular formula is C14H25ClN4. The second kappa shape index (κ2) is 4.47. The Morgan fingerprint density at radius 1 is 1.37 bits per heavy atom. The minimum atomic E-state index is 0.227. The first-order chi connectivity index (χ1) is 8.64. The maximum atomic E-state index is 6.31. The van der Waals surface area contributed by atoms with Crippen LogP contribution in [0.25, 0.3) is 0 Å². The summed E-state index contributed by atoms with van der Waals surface area (Å²) in [4.78, 5) is 0. The van der Waals surface area contributed by atoms with Crippen molar-refractivity contribution in [3.05, 3.63) is 16.4 Å². The number of hydrogen-bond acceptors (Lipinski definition) is 3. The zero-order valence-corrected chi connectivity index (χ0v) is 13.5. The van der Waals surface area contributed by atoms with Crippen molar-refractivity contribution < 1.29 is 0 Å². The molecule has 0 amide bonds. The molecule has 0 bridgehead atoms. The second-order valence-electron chi connectivity index (χ2n) is 6.88. The van der Waals surface area contributed by atoms with Crippen LogP contribution in [0.5, 0.6) is 0 Å². The van der Waals surface area contributed by atoms with Gasteiger partial charge >= 0.3 is 0 Å². The van der Waals surface area contributed by atoms with Crippen LogP contribution < -0.4 is 11.3 Å². The highest BCUT2D eigenvalue weighted by Crippen LogP contribution is 2.69. The first kappa shape index (κ1) is 14.8. The summed E-state index contributed by atoms with van der Waals surface area (Å²) in [6.07, 6.45) is 0.826. The number of hydrogen-bond donors (Lipinski definition) is 2. The first-order valence-electron chi connectivity index (χ1n) is 6.78. The summed E-state index contributed by atoms with van der Waals surface area (Å²) in [7, 11) is 1.87. The van der Waals surface area contributed by atoms with E-state index >= 15 is 0 Å². The van der Waals surface area contributed by atoms with Crippen molar-refractivity contribution in [1.29, 1.82) is 0 Å². The predicted molar refractivity (Wildman–Crippen MR) is 78.8 cm³/mol. The van der Waals surface area contributed by atoms with Crippen molar-refractivity contribution in [3.8, 4) is 0 Å². The third-order valence-corrected chi connectivity index (χ3v) is 5.92. The SMILES string of the molecule is Cc1nn(C)c(Cl)c1CC(NN)C1C(C)(C)C1(C)C. The van der Waals surface area contributed by atoms with Crippen LogP contribution >= 0.6 is 11.6 Å². The summed E-state index contributed by atoms with van der Waals surface area (Å²) in [5, 5.41) is 5.08. The van der Waals surface area contributed by atoms with Gasteiger partial charge in [0, 0.05) is 18.7 Å². The zero-order valence-electron chi connectivity index (χ0n) is 12.7. The molecule has 0 aliphatic heterocycles. The number of aryl methyl sites for hydroxylation is 2. The van der Waals surface area contributed by atoms with Crippen molar-refractivity contribution in [2.24, 2.45) is 29.6 Å². The molecule has 3 N–H and O–H groups in total. The van der Waals surface area contributed by atoms with Crippen molar-refractivity contribution >= 4 is 11.6 Å². The van der Waals surface area contributed by atoms with Gasteiger partial charge in [0.25, 0.3) is 0 Å². The van der Waals surface area contributed by atoms with Gasteiger partial charge in [0.1, 0.15) is 5.15 Å². The smallest absolute Gasteiger partial charge is 0.130 e. The normalized spacial score (nSPS) is 22.5. The van der Waals surface area contributed by atoms with Gasteiger partial charge in [0.15, 0.2) is 0 Å². The maximum Gasteiger partial charge on any atom is 0.130 e. The molecule has 1 atom stereocenters. The minimum absolute atomic E-state index is 0.227. The Morgan fingerprint density at radius 3 is 2.21 bits per heavy atom. The number of hydrazine groups is 1. The fraction of sp³-hybridized carbons (Fsp3) is 0.786. The molecule has 4 nitrogen and oxygen atoms in total. The van der Waals surface area contributed by atoms with Crippen LogP contribution in [-0.2, 0) is 13.5 Å². The van der Waals surface area contributed by atoms with E-state index in [0.717, 1.165) is 17.7 Å². The number of halogens is 1. The molecule has 0 radical (unpaired) electrons. The molecule has 1 aliphatic carbocycles. The van der Waals surface area contributed by atoms with Crippen LogP contribution in [-0.4, -0.2) is 15.8 Å². The molecule has 1 saturated carbocycles. The fourth-order valence-corrected chi connectivity index (χ4v) is 3.90. The minimum Gasteiger partial charge on any atom is -0.271 e. The van der Waals surface area contributed by atoms with E-state index < -0.39 is 0 Å². The fourth-order valence-electron chi connectivity index (χ4n) is 3.65. The Bertz CT molecular complexity index is 476. The first-order valence-corrected chi connectivity index (χ1v) is 7.16. The average Bonchev–Trinajstić information content (AvgIpc) is 2.57. The van der Waals surface area contributed by atoms with Gasteiger partial charge in [-0.2, -0.15) is 5.10 Å². The molecule has 108 valence electrons. The van der Waals surface area contributed by atoms with Gasteiger partial charge in [-0.1, -0.05) is 39.3 Å². The van der Waals surface area contributed by atoms with E-state index in [1.165, 1.54) is 0 Å². The van der Waals surface area contributed by atoms with Crippen LogP contribution in [0.1, 0.15) is 39.0 Å². The molecule has 0 spiro atoms. The van der Waals surface area contributed by atoms with Gasteiger partial charge in [-0.15, -0.1) is 0 Å². The lowest BCUT2D eigenvalue weighted by molar-refractivity contribution is 0.402. The topological polar surface area (TPSA) is 55.9 Å². The molecule has 1 heterocycles. The summed E-state index contributed by atoms with van der Waals surface area (Å²) >= 11 is 6.31. The monoisotopic (exact) mass is 284 g/mol. The molecule has 0 saturated heterocycles. The number of nitrogens with two attached hydrogens (primary N) is 1. The Morgan fingerprint density at radius 2 is 1.89 bits per heavy atom. The molecule has 1 aromatic rings. The molecule has 1 aromatic heterocycles. The zero-order chi connectivity index (χ0) is 14.6. The van der Waals surface area contributed by atoms with Gasteiger partial charge < -0.3 is 0 Å². The Kier molecular flexibility index (Phi) is 3.49. The summed E-state index contributed by atoms with van der Waals surface area (Å²) in [5.74, 6) is 6.33. The highest BCUT2D eigenvalue weighted by Gasteiger charge is 2.66. The Balaban J connectivity index is 2.22. The van der Waals surface area contributed by atoms with Gasteiger partial charge in [-0.05, 0) is 30.1 Å². The lowest BCUT2D eigenvalue weighted by Crippen LogP contribution is -2.40. The van der Waals surface area contributed by atoms with Crippen molar-refractivity contribution in [3.63, 3.8) is 0 Å². The van der Waals surface area contributed by atoms with Crippen molar-refractivity contribution in [2.75, 3.05) is 0 Å². The molecule has 1 unspecified atom stereocenters. The third kappa shape index (κ3) is 2.10. The van der Waals surface area contributed by atoms with Crippen molar-refractivity contribution in [2.45, 2.75) is 47.1 Å². The summed E-state index contributed by atoms with van der Waals surface area (Å²) in [5.41, 5.74) is 5.68. The second-order valence-corrected chi connectivity index (χ2v) is 7.23. The molecule has 2 rings (SSSR count). The van der Waals surface area contributed by atoms with E-state index in [-0.39, 0.29) is 6.04 Å². The standard InChI is InChI=1S/C14H25ClN4/c1-8-9(12(15)19(6)18-8)7-10(17-16)11-13(2,3)14(11,4)5/h10-11,17H,7,16H2,1-6H3. The van der Waals surface area contributed by atoms with Crippen LogP contribution in [0.3, 0.4) is 0 Å². The van der Waals surface area contributed by atoms with Gasteiger partial charge in [-0.3, -0.25) is 16.0 Å². The van der Waals surface area contributed by atoms with Gasteiger partial charge in [0.05, 0.1) is 5.69 Å². The average molecular weight is 285 g/mol. The van der Waals surface area contributed by atoms with E-state index in [1.807, 2.05) is 14.0 Å². The van der Waals surface area contributed by atoms with Crippen LogP contribution in [0.2, 0.25) is 5.15 Å². The lowest BCUT2D eigenvalue weighted by atomic mass is 9.98. The highest BCUT2D eigenvalue weighted by molar-refractivity contribution is 6.30. The summed E-state index contributed by atoms with van der Waals surface area (Å²) < 4.78 is 1.73. The van der Waals surface area contributed by atoms with Crippen LogP contribution in [0, 0.1) is 23.7 Å². The van der Waals surface area contributed by atoms with Crippen LogP contribution in [0.15, 0.2) is 0 Å². The quantitative estimate of drug-likeness (QED) is 0.660. The van der Waals surface area contributed by atoms with E-state index in [4.69, 9.17) is 17.4 Å². The Labute approximate surface area is 120 Å². The largest absolute Gasteiger partial charge is 0.271 e. The number of rotatable bonds is 4. The van der Waals surface area contributed by atoms with E-state index in [9.17, 15) is 0 Å². The molecule has 5 heteroatoms. The predicted octanol–water partition coefficient (Wildman–Crippen LogP) is 2.44. The van der Waals surface area contributed by atoms with Crippen molar-refractivity contribution in [1.82, 2.24) is 15.2 Å². The summed E-state index contributed by atoms with van der Waals surface area (Å²) in [6, 6.07) is 0.227. The lowest BCUT2D eigenvalue weighted by Gasteiger charge is -2.18. The van der Waals surface area contributed by atoms with Gasteiger partial charge in [0.2, 0.25) is 0 Å². The molecule has 1 aliphatic rings. The molecule has 19 heavy (non-hydrogen) atoms. The molecule has 0 aromatic carbocycles. The van der Waals surface area contributed by atoms with E-state index in [0.29, 0.717) is 21.9 Å². The number of nitrogens with zero attached hydrogens (tertiary/aromatic N) is 2. The third-order valence-electron chi connectivity index (χ3n) is 5.44. The molecule has 1 fully saturated rings. The number of nitrogens with one attached hydrogen (secondary N) is 1. The van der Waals surface area contributed by atoms with E-state index in [1.54, 1.807) is 4.68 Å². The Hall–Kier alpha value is -0.580.